The summed E-state index contributed by atoms with van der Waals surface area (Å²) in [6.45, 7) is 2.17. The zero-order chi connectivity index (χ0) is 28.3. The Hall–Kier alpha value is -3.41. The van der Waals surface area contributed by atoms with Gasteiger partial charge in [0.05, 0.1) is 13.5 Å². The van der Waals surface area contributed by atoms with Crippen molar-refractivity contribution in [2.45, 2.75) is 77.4 Å². The third-order valence-corrected chi connectivity index (χ3v) is 8.62. The summed E-state index contributed by atoms with van der Waals surface area (Å²) >= 11 is 0. The maximum atomic E-state index is 12.9. The number of hydrogen-bond acceptors (Lipinski definition) is 4. The van der Waals surface area contributed by atoms with Gasteiger partial charge in [0, 0.05) is 0 Å². The molecule has 0 aliphatic heterocycles. The minimum absolute atomic E-state index is 0.136. The van der Waals surface area contributed by atoms with Crippen molar-refractivity contribution in [2.75, 3.05) is 7.11 Å². The third kappa shape index (κ3) is 6.65. The summed E-state index contributed by atoms with van der Waals surface area (Å²) in [6.07, 6.45) is 6.05. The van der Waals surface area contributed by atoms with Gasteiger partial charge in [-0.05, 0) is 101 Å². The molecule has 0 saturated heterocycles. The molecule has 6 heteroatoms. The van der Waals surface area contributed by atoms with Gasteiger partial charge in [-0.3, -0.25) is 4.79 Å². The van der Waals surface area contributed by atoms with Crippen LogP contribution in [-0.2, 0) is 16.1 Å². The van der Waals surface area contributed by atoms with E-state index in [0.717, 1.165) is 60.1 Å². The zero-order valence-corrected chi connectivity index (χ0v) is 23.5. The van der Waals surface area contributed by atoms with Gasteiger partial charge in [0.1, 0.15) is 18.1 Å². The van der Waals surface area contributed by atoms with Crippen molar-refractivity contribution < 1.29 is 27.8 Å². The van der Waals surface area contributed by atoms with Crippen LogP contribution >= 0.6 is 0 Å². The summed E-state index contributed by atoms with van der Waals surface area (Å²) in [6, 6.07) is 21.4. The molecule has 0 amide bonds. The summed E-state index contributed by atoms with van der Waals surface area (Å²) in [4.78, 5) is 12.0. The molecule has 2 aliphatic carbocycles. The highest BCUT2D eigenvalue weighted by Crippen LogP contribution is 2.51. The quantitative estimate of drug-likeness (QED) is 0.225. The Bertz CT molecular complexity index is 1330. The molecule has 0 radical (unpaired) electrons. The van der Waals surface area contributed by atoms with Crippen LogP contribution in [0.25, 0.3) is 11.1 Å². The van der Waals surface area contributed by atoms with Crippen molar-refractivity contribution in [3.63, 3.8) is 0 Å². The van der Waals surface area contributed by atoms with E-state index in [4.69, 9.17) is 9.47 Å². The van der Waals surface area contributed by atoms with Crippen LogP contribution in [0.15, 0.2) is 66.7 Å². The van der Waals surface area contributed by atoms with E-state index in [0.29, 0.717) is 24.9 Å². The van der Waals surface area contributed by atoms with Crippen molar-refractivity contribution in [3.8, 4) is 22.6 Å². The molecule has 3 aromatic rings. The zero-order valence-electron chi connectivity index (χ0n) is 23.5. The second-order valence-corrected chi connectivity index (χ2v) is 11.8. The Morgan fingerprint density at radius 1 is 0.975 bits per heavy atom. The number of alkyl halides is 2. The van der Waals surface area contributed by atoms with E-state index in [1.807, 2.05) is 18.2 Å². The van der Waals surface area contributed by atoms with Gasteiger partial charge < -0.3 is 14.2 Å². The van der Waals surface area contributed by atoms with Crippen LogP contribution in [0.2, 0.25) is 0 Å². The average molecular weight is 549 g/mol. The van der Waals surface area contributed by atoms with Gasteiger partial charge in [-0.1, -0.05) is 62.7 Å². The predicted octanol–water partition coefficient (Wildman–Crippen LogP) is 8.88. The SMILES string of the molecule is COC(=O)CC(c1cccc(OCc2ccc(-c3cccc(OC(F)F)c3)c([C@@H]3CCCC3(C)C)c2)c1)C1CC1. The van der Waals surface area contributed by atoms with E-state index < -0.39 is 6.61 Å². The lowest BCUT2D eigenvalue weighted by atomic mass is 9.75. The van der Waals surface area contributed by atoms with Crippen LogP contribution in [0.3, 0.4) is 0 Å². The van der Waals surface area contributed by atoms with Gasteiger partial charge in [0.2, 0.25) is 0 Å². The van der Waals surface area contributed by atoms with Crippen molar-refractivity contribution in [2.24, 2.45) is 11.3 Å². The minimum Gasteiger partial charge on any atom is -0.489 e. The van der Waals surface area contributed by atoms with E-state index in [1.165, 1.54) is 12.7 Å². The third-order valence-electron chi connectivity index (χ3n) is 8.62. The maximum Gasteiger partial charge on any atom is 0.387 e. The number of rotatable bonds is 11. The predicted molar refractivity (Wildman–Crippen MR) is 152 cm³/mol. The summed E-state index contributed by atoms with van der Waals surface area (Å²) in [5, 5.41) is 0. The first-order valence-corrected chi connectivity index (χ1v) is 14.2. The van der Waals surface area contributed by atoms with Crippen molar-refractivity contribution >= 4 is 5.97 Å². The minimum atomic E-state index is -2.86. The molecule has 0 aromatic heterocycles. The smallest absolute Gasteiger partial charge is 0.387 e. The Kier molecular flexibility index (Phi) is 8.43. The summed E-state index contributed by atoms with van der Waals surface area (Å²) in [5.74, 6) is 1.77. The topological polar surface area (TPSA) is 44.8 Å². The number of hydrogen-bond donors (Lipinski definition) is 0. The Labute approximate surface area is 235 Å². The van der Waals surface area contributed by atoms with Crippen molar-refractivity contribution in [1.82, 2.24) is 0 Å². The summed E-state index contributed by atoms with van der Waals surface area (Å²) in [5.41, 5.74) is 5.43. The van der Waals surface area contributed by atoms with E-state index in [9.17, 15) is 13.6 Å². The fourth-order valence-electron chi connectivity index (χ4n) is 6.32. The van der Waals surface area contributed by atoms with Crippen molar-refractivity contribution in [3.05, 3.63) is 83.4 Å². The van der Waals surface area contributed by atoms with Gasteiger partial charge in [0.25, 0.3) is 0 Å². The number of ether oxygens (including phenoxy) is 3. The second-order valence-electron chi connectivity index (χ2n) is 11.8. The molecule has 2 atom stereocenters. The standard InChI is InChI=1S/C34H38F2O4/c1-34(2)16-6-11-31(34)30-17-22(12-15-28(30)24-7-5-10-27(19-24)40-33(35)36)21-39-26-9-4-8-25(18-26)29(23-13-14-23)20-32(37)38-3/h4-5,7-10,12,15,17-19,23,29,31,33H,6,11,13-14,16,20-21H2,1-3H3/t29?,31-/m0/s1. The number of halogens is 2. The van der Waals surface area contributed by atoms with Crippen LogP contribution in [-0.4, -0.2) is 19.7 Å². The van der Waals surface area contributed by atoms with Crippen LogP contribution < -0.4 is 9.47 Å². The number of carbonyl (C=O) groups excluding carboxylic acids is 1. The first kappa shape index (κ1) is 28.1. The Balaban J connectivity index is 1.39. The fraction of sp³-hybridized carbons (Fsp3) is 0.441. The molecule has 4 nitrogen and oxygen atoms in total. The molecule has 2 fully saturated rings. The molecule has 40 heavy (non-hydrogen) atoms. The number of esters is 1. The molecule has 5 rings (SSSR count). The normalized spacial score (nSPS) is 18.9. The van der Waals surface area contributed by atoms with Gasteiger partial charge in [-0.15, -0.1) is 0 Å². The molecule has 3 aromatic carbocycles. The highest BCUT2D eigenvalue weighted by Gasteiger charge is 2.37. The molecule has 2 saturated carbocycles. The van der Waals surface area contributed by atoms with E-state index >= 15 is 0 Å². The summed E-state index contributed by atoms with van der Waals surface area (Å²) < 4.78 is 41.7. The molecule has 0 heterocycles. The number of benzene rings is 3. The fourth-order valence-corrected chi connectivity index (χ4v) is 6.32. The lowest BCUT2D eigenvalue weighted by molar-refractivity contribution is -0.141. The van der Waals surface area contributed by atoms with Gasteiger partial charge >= 0.3 is 12.6 Å². The van der Waals surface area contributed by atoms with Crippen LogP contribution in [0.5, 0.6) is 11.5 Å². The first-order chi connectivity index (χ1) is 19.2. The molecule has 0 N–H and O–H groups in total. The molecular weight excluding hydrogens is 510 g/mol. The van der Waals surface area contributed by atoms with Crippen LogP contribution in [0.4, 0.5) is 8.78 Å². The lowest BCUT2D eigenvalue weighted by Crippen LogP contribution is -2.16. The largest absolute Gasteiger partial charge is 0.489 e. The molecule has 0 bridgehead atoms. The number of carbonyl (C=O) groups is 1. The number of methoxy groups -OCH3 is 1. The molecule has 0 spiro atoms. The highest BCUT2D eigenvalue weighted by atomic mass is 19.3. The maximum absolute atomic E-state index is 12.9. The van der Waals surface area contributed by atoms with E-state index in [-0.39, 0.29) is 23.1 Å². The monoisotopic (exact) mass is 548 g/mol. The van der Waals surface area contributed by atoms with Gasteiger partial charge in [0.15, 0.2) is 0 Å². The molecule has 212 valence electrons. The molecular formula is C34H38F2O4. The first-order valence-electron chi connectivity index (χ1n) is 14.2. The Morgan fingerprint density at radius 2 is 1.75 bits per heavy atom. The molecule has 2 aliphatic rings. The Morgan fingerprint density at radius 3 is 2.45 bits per heavy atom. The van der Waals surface area contributed by atoms with Gasteiger partial charge in [-0.25, -0.2) is 0 Å². The van der Waals surface area contributed by atoms with Gasteiger partial charge in [-0.2, -0.15) is 8.78 Å². The molecule has 1 unspecified atom stereocenters. The lowest BCUT2D eigenvalue weighted by Gasteiger charge is -2.30. The van der Waals surface area contributed by atoms with Crippen LogP contribution in [0.1, 0.15) is 80.9 Å². The van der Waals surface area contributed by atoms with Crippen molar-refractivity contribution in [1.29, 1.82) is 0 Å². The van der Waals surface area contributed by atoms with E-state index in [2.05, 4.69) is 48.9 Å². The highest BCUT2D eigenvalue weighted by molar-refractivity contribution is 5.71. The average Bonchev–Trinajstić information content (AvgIpc) is 3.72. The van der Waals surface area contributed by atoms with Crippen LogP contribution in [0, 0.1) is 11.3 Å². The van der Waals surface area contributed by atoms with E-state index in [1.54, 1.807) is 18.2 Å². The summed E-state index contributed by atoms with van der Waals surface area (Å²) in [7, 11) is 1.44. The second kappa shape index (κ2) is 12.0.